The fourth-order valence-electron chi connectivity index (χ4n) is 1.08. The molecule has 1 heterocycles. The van der Waals surface area contributed by atoms with Crippen molar-refractivity contribution in [2.24, 2.45) is 0 Å². The van der Waals surface area contributed by atoms with E-state index in [0.717, 1.165) is 12.8 Å². The Labute approximate surface area is 93.9 Å². The summed E-state index contributed by atoms with van der Waals surface area (Å²) in [6, 6.07) is 0.327. The lowest BCUT2D eigenvalue weighted by Crippen LogP contribution is -2.20. The standard InChI is InChI=1S/C9H13Cl2N3/c1-2-8(3-4-10)14-9-12-5-7(11)6-13-9/h5-6,8H,2-4H2,1H3,(H,12,13,14). The van der Waals surface area contributed by atoms with Crippen LogP contribution in [-0.4, -0.2) is 21.9 Å². The maximum absolute atomic E-state index is 5.67. The Morgan fingerprint density at radius 1 is 1.43 bits per heavy atom. The van der Waals surface area contributed by atoms with Gasteiger partial charge in [-0.1, -0.05) is 18.5 Å². The largest absolute Gasteiger partial charge is 0.351 e. The van der Waals surface area contributed by atoms with Gasteiger partial charge in [-0.25, -0.2) is 9.97 Å². The van der Waals surface area contributed by atoms with E-state index in [-0.39, 0.29) is 0 Å². The number of rotatable bonds is 5. The summed E-state index contributed by atoms with van der Waals surface area (Å²) in [5.41, 5.74) is 0. The summed E-state index contributed by atoms with van der Waals surface area (Å²) in [5.74, 6) is 1.24. The number of hydrogen-bond acceptors (Lipinski definition) is 3. The topological polar surface area (TPSA) is 37.8 Å². The molecule has 0 saturated heterocycles. The fourth-order valence-corrected chi connectivity index (χ4v) is 1.44. The van der Waals surface area contributed by atoms with Crippen molar-refractivity contribution in [1.29, 1.82) is 0 Å². The molecule has 0 bridgehead atoms. The molecule has 0 radical (unpaired) electrons. The van der Waals surface area contributed by atoms with Crippen molar-refractivity contribution in [2.45, 2.75) is 25.8 Å². The van der Waals surface area contributed by atoms with Gasteiger partial charge in [-0.3, -0.25) is 0 Å². The van der Waals surface area contributed by atoms with Gasteiger partial charge in [0.2, 0.25) is 5.95 Å². The molecule has 0 saturated carbocycles. The highest BCUT2D eigenvalue weighted by Crippen LogP contribution is 2.09. The van der Waals surface area contributed by atoms with Crippen molar-refractivity contribution in [1.82, 2.24) is 9.97 Å². The average Bonchev–Trinajstić information content (AvgIpc) is 2.20. The normalized spacial score (nSPS) is 12.5. The monoisotopic (exact) mass is 233 g/mol. The lowest BCUT2D eigenvalue weighted by atomic mass is 10.2. The first-order chi connectivity index (χ1) is 6.76. The van der Waals surface area contributed by atoms with Crippen LogP contribution >= 0.6 is 23.2 Å². The van der Waals surface area contributed by atoms with Gasteiger partial charge >= 0.3 is 0 Å². The summed E-state index contributed by atoms with van der Waals surface area (Å²) >= 11 is 11.3. The van der Waals surface area contributed by atoms with Gasteiger partial charge in [0.25, 0.3) is 0 Å². The number of alkyl halides is 1. The summed E-state index contributed by atoms with van der Waals surface area (Å²) in [7, 11) is 0. The van der Waals surface area contributed by atoms with Gasteiger partial charge in [0.1, 0.15) is 0 Å². The van der Waals surface area contributed by atoms with E-state index >= 15 is 0 Å². The Kier molecular flexibility index (Phi) is 4.98. The zero-order chi connectivity index (χ0) is 10.4. The van der Waals surface area contributed by atoms with Crippen LogP contribution in [0.25, 0.3) is 0 Å². The zero-order valence-corrected chi connectivity index (χ0v) is 9.52. The van der Waals surface area contributed by atoms with Gasteiger partial charge in [-0.05, 0) is 12.8 Å². The van der Waals surface area contributed by atoms with Gasteiger partial charge in [0.05, 0.1) is 17.4 Å². The van der Waals surface area contributed by atoms with Gasteiger partial charge in [-0.15, -0.1) is 11.6 Å². The van der Waals surface area contributed by atoms with Crippen LogP contribution in [0.5, 0.6) is 0 Å². The highest BCUT2D eigenvalue weighted by atomic mass is 35.5. The van der Waals surface area contributed by atoms with Crippen molar-refractivity contribution in [3.8, 4) is 0 Å². The van der Waals surface area contributed by atoms with Gasteiger partial charge in [0, 0.05) is 11.9 Å². The van der Waals surface area contributed by atoms with E-state index in [9.17, 15) is 0 Å². The summed E-state index contributed by atoms with van der Waals surface area (Å²) in [5, 5.41) is 3.73. The number of nitrogens with zero attached hydrogens (tertiary/aromatic N) is 2. The predicted molar refractivity (Wildman–Crippen MR) is 60.1 cm³/mol. The summed E-state index contributed by atoms with van der Waals surface area (Å²) < 4.78 is 0. The minimum Gasteiger partial charge on any atom is -0.351 e. The molecule has 3 nitrogen and oxygen atoms in total. The number of hydrogen-bond donors (Lipinski definition) is 1. The van der Waals surface area contributed by atoms with Crippen LogP contribution in [0.15, 0.2) is 12.4 Å². The van der Waals surface area contributed by atoms with Crippen LogP contribution in [0, 0.1) is 0 Å². The molecule has 1 aromatic heterocycles. The number of halogens is 2. The predicted octanol–water partition coefficient (Wildman–Crippen LogP) is 2.95. The van der Waals surface area contributed by atoms with Gasteiger partial charge in [0.15, 0.2) is 0 Å². The van der Waals surface area contributed by atoms with Crippen LogP contribution < -0.4 is 5.32 Å². The molecule has 1 aromatic rings. The molecular formula is C9H13Cl2N3. The first-order valence-electron chi connectivity index (χ1n) is 4.56. The quantitative estimate of drug-likeness (QED) is 0.796. The minimum absolute atomic E-state index is 0.327. The Hall–Kier alpha value is -0.540. The lowest BCUT2D eigenvalue weighted by Gasteiger charge is -2.14. The third kappa shape index (κ3) is 3.68. The van der Waals surface area contributed by atoms with E-state index in [1.165, 1.54) is 0 Å². The molecule has 0 aliphatic heterocycles. The molecule has 78 valence electrons. The molecule has 0 aromatic carbocycles. The first kappa shape index (κ1) is 11.5. The number of nitrogens with one attached hydrogen (secondary N) is 1. The molecule has 1 unspecified atom stereocenters. The summed E-state index contributed by atoms with van der Waals surface area (Å²) in [4.78, 5) is 8.10. The molecule has 5 heteroatoms. The van der Waals surface area contributed by atoms with E-state index in [2.05, 4.69) is 22.2 Å². The minimum atomic E-state index is 0.327. The molecule has 0 aliphatic rings. The SMILES string of the molecule is CCC(CCCl)Nc1ncc(Cl)cn1. The number of aromatic nitrogens is 2. The van der Waals surface area contributed by atoms with E-state index in [0.29, 0.717) is 22.9 Å². The molecule has 1 N–H and O–H groups in total. The molecule has 0 spiro atoms. The fraction of sp³-hybridized carbons (Fsp3) is 0.556. The Bertz CT molecular complexity index is 263. The second-order valence-corrected chi connectivity index (χ2v) is 3.77. The summed E-state index contributed by atoms with van der Waals surface area (Å²) in [6.07, 6.45) is 5.05. The third-order valence-corrected chi connectivity index (χ3v) is 2.32. The molecule has 14 heavy (non-hydrogen) atoms. The van der Waals surface area contributed by atoms with Crippen LogP contribution in [0.1, 0.15) is 19.8 Å². The Balaban J connectivity index is 2.53. The maximum Gasteiger partial charge on any atom is 0.222 e. The summed E-state index contributed by atoms with van der Waals surface area (Å²) in [6.45, 7) is 2.10. The Morgan fingerprint density at radius 2 is 2.07 bits per heavy atom. The molecule has 0 aliphatic carbocycles. The van der Waals surface area contributed by atoms with E-state index < -0.39 is 0 Å². The smallest absolute Gasteiger partial charge is 0.222 e. The van der Waals surface area contributed by atoms with Crippen molar-refractivity contribution in [2.75, 3.05) is 11.2 Å². The Morgan fingerprint density at radius 3 is 2.57 bits per heavy atom. The first-order valence-corrected chi connectivity index (χ1v) is 5.47. The second kappa shape index (κ2) is 6.04. The van der Waals surface area contributed by atoms with E-state index in [4.69, 9.17) is 23.2 Å². The van der Waals surface area contributed by atoms with Gasteiger partial charge in [-0.2, -0.15) is 0 Å². The van der Waals surface area contributed by atoms with Crippen LogP contribution in [-0.2, 0) is 0 Å². The highest BCUT2D eigenvalue weighted by Gasteiger charge is 2.06. The molecular weight excluding hydrogens is 221 g/mol. The number of anilines is 1. The van der Waals surface area contributed by atoms with Crippen molar-refractivity contribution < 1.29 is 0 Å². The van der Waals surface area contributed by atoms with Crippen LogP contribution in [0.2, 0.25) is 5.02 Å². The molecule has 0 fully saturated rings. The van der Waals surface area contributed by atoms with Crippen molar-refractivity contribution in [3.63, 3.8) is 0 Å². The average molecular weight is 234 g/mol. The third-order valence-electron chi connectivity index (χ3n) is 1.90. The van der Waals surface area contributed by atoms with E-state index in [1.807, 2.05) is 0 Å². The molecule has 1 rings (SSSR count). The highest BCUT2D eigenvalue weighted by molar-refractivity contribution is 6.30. The van der Waals surface area contributed by atoms with E-state index in [1.54, 1.807) is 12.4 Å². The van der Waals surface area contributed by atoms with Crippen LogP contribution in [0.3, 0.4) is 0 Å². The van der Waals surface area contributed by atoms with Crippen LogP contribution in [0.4, 0.5) is 5.95 Å². The lowest BCUT2D eigenvalue weighted by molar-refractivity contribution is 0.668. The molecule has 0 amide bonds. The second-order valence-electron chi connectivity index (χ2n) is 2.95. The zero-order valence-electron chi connectivity index (χ0n) is 8.00. The molecule has 1 atom stereocenters. The maximum atomic E-state index is 5.67. The van der Waals surface area contributed by atoms with Crippen molar-refractivity contribution in [3.05, 3.63) is 17.4 Å². The van der Waals surface area contributed by atoms with Gasteiger partial charge < -0.3 is 5.32 Å². The van der Waals surface area contributed by atoms with Crippen molar-refractivity contribution >= 4 is 29.2 Å².